The predicted molar refractivity (Wildman–Crippen MR) is 42.9 cm³/mol. The third-order valence-corrected chi connectivity index (χ3v) is 1.49. The summed E-state index contributed by atoms with van der Waals surface area (Å²) in [5.74, 6) is 0. The summed E-state index contributed by atoms with van der Waals surface area (Å²) < 4.78 is 0. The van der Waals surface area contributed by atoms with Gasteiger partial charge in [0.05, 0.1) is 6.54 Å². The van der Waals surface area contributed by atoms with Gasteiger partial charge in [-0.25, -0.2) is 4.99 Å². The first-order valence-corrected chi connectivity index (χ1v) is 3.17. The van der Waals surface area contributed by atoms with Crippen LogP contribution in [0, 0.1) is 0 Å². The summed E-state index contributed by atoms with van der Waals surface area (Å²) >= 11 is 4.89. The minimum Gasteiger partial charge on any atom is -0.338 e. The quantitative estimate of drug-likeness (QED) is 0.417. The minimum absolute atomic E-state index is 0.676. The molecule has 1 aliphatic rings. The van der Waals surface area contributed by atoms with Crippen LogP contribution in [0.2, 0.25) is 0 Å². The van der Waals surface area contributed by atoms with Crippen molar-refractivity contribution in [3.63, 3.8) is 0 Å². The highest BCUT2D eigenvalue weighted by atomic mass is 32.1. The second kappa shape index (κ2) is 2.73. The molecule has 0 aliphatic carbocycles. The summed E-state index contributed by atoms with van der Waals surface area (Å²) in [6.45, 7) is 5.24. The molecule has 1 heterocycles. The SMILES string of the molecule is C=CCN1CC=NC1=S. The van der Waals surface area contributed by atoms with Gasteiger partial charge in [0.25, 0.3) is 0 Å². The lowest BCUT2D eigenvalue weighted by molar-refractivity contribution is 0.550. The zero-order chi connectivity index (χ0) is 6.69. The number of hydrogen-bond donors (Lipinski definition) is 0. The van der Waals surface area contributed by atoms with Crippen molar-refractivity contribution in [2.24, 2.45) is 4.99 Å². The average Bonchev–Trinajstić information content (AvgIpc) is 2.18. The van der Waals surface area contributed by atoms with Crippen molar-refractivity contribution in [1.82, 2.24) is 4.90 Å². The van der Waals surface area contributed by atoms with E-state index in [1.807, 2.05) is 17.2 Å². The van der Waals surface area contributed by atoms with Crippen LogP contribution >= 0.6 is 12.2 Å². The fourth-order valence-electron chi connectivity index (χ4n) is 0.686. The lowest BCUT2D eigenvalue weighted by atomic mass is 10.5. The standard InChI is InChI=1S/C6H8N2S/c1-2-4-8-5-3-7-6(8)9/h2-3H,1,4-5H2. The number of thiocarbonyl (C=S) groups is 1. The molecule has 48 valence electrons. The van der Waals surface area contributed by atoms with Crippen LogP contribution in [0.4, 0.5) is 0 Å². The Balaban J connectivity index is 2.45. The van der Waals surface area contributed by atoms with E-state index < -0.39 is 0 Å². The van der Waals surface area contributed by atoms with Gasteiger partial charge in [0.15, 0.2) is 5.11 Å². The van der Waals surface area contributed by atoms with Crippen molar-refractivity contribution >= 4 is 23.5 Å². The van der Waals surface area contributed by atoms with Crippen LogP contribution in [0.5, 0.6) is 0 Å². The Bertz CT molecular complexity index is 162. The highest BCUT2D eigenvalue weighted by molar-refractivity contribution is 7.80. The molecule has 0 aromatic heterocycles. The molecule has 0 N–H and O–H groups in total. The summed E-state index contributed by atoms with van der Waals surface area (Å²) in [6.07, 6.45) is 3.63. The zero-order valence-corrected chi connectivity index (χ0v) is 5.90. The number of hydrogen-bond acceptors (Lipinski definition) is 1. The van der Waals surface area contributed by atoms with E-state index in [0.717, 1.165) is 13.1 Å². The van der Waals surface area contributed by atoms with E-state index in [0.29, 0.717) is 5.11 Å². The molecule has 0 atom stereocenters. The second-order valence-electron chi connectivity index (χ2n) is 1.79. The largest absolute Gasteiger partial charge is 0.338 e. The topological polar surface area (TPSA) is 15.6 Å². The smallest absolute Gasteiger partial charge is 0.195 e. The third kappa shape index (κ3) is 1.36. The molecule has 0 fully saturated rings. The normalized spacial score (nSPS) is 16.9. The van der Waals surface area contributed by atoms with Gasteiger partial charge in [0, 0.05) is 12.8 Å². The Morgan fingerprint density at radius 3 is 3.22 bits per heavy atom. The second-order valence-corrected chi connectivity index (χ2v) is 2.15. The maximum atomic E-state index is 4.89. The molecule has 0 spiro atoms. The minimum atomic E-state index is 0.676. The van der Waals surface area contributed by atoms with Gasteiger partial charge in [-0.1, -0.05) is 6.08 Å². The molecule has 0 aromatic rings. The Hall–Kier alpha value is -0.700. The molecule has 9 heavy (non-hydrogen) atoms. The van der Waals surface area contributed by atoms with Crippen molar-refractivity contribution in [2.75, 3.05) is 13.1 Å². The molecule has 0 unspecified atom stereocenters. The zero-order valence-electron chi connectivity index (χ0n) is 5.08. The monoisotopic (exact) mass is 140 g/mol. The molecule has 0 aromatic carbocycles. The van der Waals surface area contributed by atoms with Crippen molar-refractivity contribution in [3.05, 3.63) is 12.7 Å². The first-order chi connectivity index (χ1) is 4.34. The van der Waals surface area contributed by atoms with Crippen LogP contribution < -0.4 is 0 Å². The Kier molecular flexibility index (Phi) is 1.95. The van der Waals surface area contributed by atoms with Gasteiger partial charge < -0.3 is 4.90 Å². The average molecular weight is 140 g/mol. The first kappa shape index (κ1) is 6.42. The Morgan fingerprint density at radius 2 is 2.78 bits per heavy atom. The van der Waals surface area contributed by atoms with Gasteiger partial charge in [-0.05, 0) is 12.2 Å². The highest BCUT2D eigenvalue weighted by Gasteiger charge is 2.08. The summed E-state index contributed by atoms with van der Waals surface area (Å²) in [5.41, 5.74) is 0. The van der Waals surface area contributed by atoms with Crippen LogP contribution in [-0.4, -0.2) is 29.3 Å². The molecule has 0 saturated heterocycles. The lowest BCUT2D eigenvalue weighted by Crippen LogP contribution is -2.24. The summed E-state index contributed by atoms with van der Waals surface area (Å²) in [5, 5.41) is 0.676. The lowest BCUT2D eigenvalue weighted by Gasteiger charge is -2.11. The fourth-order valence-corrected chi connectivity index (χ4v) is 0.909. The first-order valence-electron chi connectivity index (χ1n) is 2.77. The van der Waals surface area contributed by atoms with Crippen LogP contribution in [0.3, 0.4) is 0 Å². The van der Waals surface area contributed by atoms with Crippen molar-refractivity contribution in [3.8, 4) is 0 Å². The molecule has 0 amide bonds. The molecular weight excluding hydrogens is 132 g/mol. The fraction of sp³-hybridized carbons (Fsp3) is 0.333. The maximum Gasteiger partial charge on any atom is 0.195 e. The Labute approximate surface area is 59.9 Å². The van der Waals surface area contributed by atoms with Crippen LogP contribution in [0.25, 0.3) is 0 Å². The van der Waals surface area contributed by atoms with Gasteiger partial charge in [-0.15, -0.1) is 6.58 Å². The molecule has 3 heteroatoms. The van der Waals surface area contributed by atoms with E-state index >= 15 is 0 Å². The van der Waals surface area contributed by atoms with Crippen molar-refractivity contribution < 1.29 is 0 Å². The van der Waals surface area contributed by atoms with E-state index in [1.54, 1.807) is 0 Å². The number of nitrogens with zero attached hydrogens (tertiary/aromatic N) is 2. The van der Waals surface area contributed by atoms with Crippen molar-refractivity contribution in [1.29, 1.82) is 0 Å². The van der Waals surface area contributed by atoms with Gasteiger partial charge >= 0.3 is 0 Å². The third-order valence-electron chi connectivity index (χ3n) is 1.12. The summed E-state index contributed by atoms with van der Waals surface area (Å²) in [4.78, 5) is 5.90. The van der Waals surface area contributed by atoms with Gasteiger partial charge in [0.1, 0.15) is 0 Å². The predicted octanol–water partition coefficient (Wildman–Crippen LogP) is 0.844. The van der Waals surface area contributed by atoms with E-state index in [1.165, 1.54) is 0 Å². The molecule has 2 nitrogen and oxygen atoms in total. The summed E-state index contributed by atoms with van der Waals surface area (Å²) in [6, 6.07) is 0. The van der Waals surface area contributed by atoms with Crippen LogP contribution in [-0.2, 0) is 0 Å². The van der Waals surface area contributed by atoms with E-state index in [-0.39, 0.29) is 0 Å². The van der Waals surface area contributed by atoms with Crippen LogP contribution in [0.1, 0.15) is 0 Å². The summed E-state index contributed by atoms with van der Waals surface area (Å²) in [7, 11) is 0. The molecular formula is C6H8N2S. The van der Waals surface area contributed by atoms with E-state index in [2.05, 4.69) is 11.6 Å². The molecule has 1 aliphatic heterocycles. The molecule has 1 rings (SSSR count). The number of aliphatic imine (C=N–C) groups is 1. The van der Waals surface area contributed by atoms with Gasteiger partial charge in [0.2, 0.25) is 0 Å². The molecule has 0 bridgehead atoms. The highest BCUT2D eigenvalue weighted by Crippen LogP contribution is 1.98. The van der Waals surface area contributed by atoms with Crippen LogP contribution in [0.15, 0.2) is 17.6 Å². The van der Waals surface area contributed by atoms with Crippen molar-refractivity contribution in [2.45, 2.75) is 0 Å². The van der Waals surface area contributed by atoms with E-state index in [4.69, 9.17) is 12.2 Å². The van der Waals surface area contributed by atoms with Gasteiger partial charge in [-0.3, -0.25) is 0 Å². The van der Waals surface area contributed by atoms with Gasteiger partial charge in [-0.2, -0.15) is 0 Å². The van der Waals surface area contributed by atoms with E-state index in [9.17, 15) is 0 Å². The Morgan fingerprint density at radius 1 is 2.00 bits per heavy atom. The molecule has 0 saturated carbocycles. The number of rotatable bonds is 2. The maximum absolute atomic E-state index is 4.89. The molecule has 0 radical (unpaired) electrons.